The molecule has 0 aromatic heterocycles. The van der Waals surface area contributed by atoms with Crippen molar-refractivity contribution in [1.82, 2.24) is 4.90 Å². The molecule has 5 nitrogen and oxygen atoms in total. The largest absolute Gasteiger partial charge is 0.466 e. The fourth-order valence-corrected chi connectivity index (χ4v) is 3.25. The van der Waals surface area contributed by atoms with Gasteiger partial charge in [0.25, 0.3) is 0 Å². The van der Waals surface area contributed by atoms with Crippen molar-refractivity contribution in [2.45, 2.75) is 65.4 Å². The molecule has 1 atom stereocenters. The van der Waals surface area contributed by atoms with Gasteiger partial charge >= 0.3 is 12.1 Å². The summed E-state index contributed by atoms with van der Waals surface area (Å²) in [5.74, 6) is 0.986. The number of esters is 1. The molecule has 2 fully saturated rings. The van der Waals surface area contributed by atoms with Gasteiger partial charge in [-0.15, -0.1) is 0 Å². The minimum atomic E-state index is -0.465. The van der Waals surface area contributed by atoms with Crippen LogP contribution in [0.15, 0.2) is 0 Å². The quantitative estimate of drug-likeness (QED) is 0.725. The van der Waals surface area contributed by atoms with Crippen LogP contribution >= 0.6 is 0 Å². The number of hydrogen-bond acceptors (Lipinski definition) is 4. The van der Waals surface area contributed by atoms with Gasteiger partial charge in [0.2, 0.25) is 0 Å². The van der Waals surface area contributed by atoms with Gasteiger partial charge in [0.15, 0.2) is 0 Å². The molecule has 1 amide bonds. The molecule has 132 valence electrons. The van der Waals surface area contributed by atoms with E-state index in [0.29, 0.717) is 31.5 Å². The standard InChI is InChI=1S/C18H31NO4/c1-5-22-16(20)15(12-13-6-7-13)14-8-10-19(11-9-14)17(21)23-18(2,3)4/h13-15H,5-12H2,1-4H3. The van der Waals surface area contributed by atoms with Crippen molar-refractivity contribution < 1.29 is 19.1 Å². The summed E-state index contributed by atoms with van der Waals surface area (Å²) >= 11 is 0. The van der Waals surface area contributed by atoms with Crippen LogP contribution in [0.5, 0.6) is 0 Å². The highest BCUT2D eigenvalue weighted by Crippen LogP contribution is 2.40. The second-order valence-corrected chi connectivity index (χ2v) is 7.84. The molecule has 1 heterocycles. The van der Waals surface area contributed by atoms with Crippen molar-refractivity contribution in [2.24, 2.45) is 17.8 Å². The molecule has 5 heteroatoms. The average molecular weight is 325 g/mol. The second kappa shape index (κ2) is 7.54. The van der Waals surface area contributed by atoms with Crippen molar-refractivity contribution >= 4 is 12.1 Å². The van der Waals surface area contributed by atoms with Gasteiger partial charge in [-0.1, -0.05) is 12.8 Å². The lowest BCUT2D eigenvalue weighted by Crippen LogP contribution is -2.43. The number of hydrogen-bond donors (Lipinski definition) is 0. The first-order valence-electron chi connectivity index (χ1n) is 8.94. The Bertz CT molecular complexity index is 417. The summed E-state index contributed by atoms with van der Waals surface area (Å²) in [5.41, 5.74) is -0.465. The fraction of sp³-hybridized carbons (Fsp3) is 0.889. The molecule has 2 aliphatic rings. The van der Waals surface area contributed by atoms with Gasteiger partial charge in [0, 0.05) is 13.1 Å². The number of piperidine rings is 1. The summed E-state index contributed by atoms with van der Waals surface area (Å²) in [6.07, 6.45) is 4.91. The third-order valence-corrected chi connectivity index (χ3v) is 4.63. The van der Waals surface area contributed by atoms with Crippen molar-refractivity contribution in [3.63, 3.8) is 0 Å². The molecule has 0 aromatic rings. The number of likely N-dealkylation sites (tertiary alicyclic amines) is 1. The van der Waals surface area contributed by atoms with Crippen LogP contribution in [0.3, 0.4) is 0 Å². The van der Waals surface area contributed by atoms with Gasteiger partial charge in [0.1, 0.15) is 5.60 Å². The van der Waals surface area contributed by atoms with Crippen LogP contribution in [0, 0.1) is 17.8 Å². The van der Waals surface area contributed by atoms with Crippen LogP contribution in [0.1, 0.15) is 59.8 Å². The van der Waals surface area contributed by atoms with Crippen LogP contribution in [-0.4, -0.2) is 42.3 Å². The third kappa shape index (κ3) is 5.70. The Morgan fingerprint density at radius 3 is 2.22 bits per heavy atom. The SMILES string of the molecule is CCOC(=O)C(CC1CC1)C1CCN(C(=O)OC(C)(C)C)CC1. The van der Waals surface area contributed by atoms with Crippen molar-refractivity contribution in [3.8, 4) is 0 Å². The van der Waals surface area contributed by atoms with Crippen molar-refractivity contribution in [1.29, 1.82) is 0 Å². The summed E-state index contributed by atoms with van der Waals surface area (Å²) in [6, 6.07) is 0. The van der Waals surface area contributed by atoms with E-state index in [4.69, 9.17) is 9.47 Å². The molecule has 0 aromatic carbocycles. The highest BCUT2D eigenvalue weighted by Gasteiger charge is 2.38. The number of carbonyl (C=O) groups is 2. The first-order chi connectivity index (χ1) is 10.8. The molecular weight excluding hydrogens is 294 g/mol. The summed E-state index contributed by atoms with van der Waals surface area (Å²) in [5, 5.41) is 0. The van der Waals surface area contributed by atoms with E-state index in [0.717, 1.165) is 19.3 Å². The molecule has 1 aliphatic heterocycles. The number of carbonyl (C=O) groups excluding carboxylic acids is 2. The van der Waals surface area contributed by atoms with Crippen molar-refractivity contribution in [3.05, 3.63) is 0 Å². The molecule has 23 heavy (non-hydrogen) atoms. The number of amides is 1. The van der Waals surface area contributed by atoms with Gasteiger partial charge in [0.05, 0.1) is 12.5 Å². The Morgan fingerprint density at radius 1 is 1.13 bits per heavy atom. The molecule has 0 N–H and O–H groups in total. The lowest BCUT2D eigenvalue weighted by atomic mass is 9.81. The Hall–Kier alpha value is -1.26. The Morgan fingerprint density at radius 2 is 1.74 bits per heavy atom. The molecule has 1 saturated carbocycles. The lowest BCUT2D eigenvalue weighted by Gasteiger charge is -2.36. The average Bonchev–Trinajstić information content (AvgIpc) is 3.27. The zero-order chi connectivity index (χ0) is 17.0. The third-order valence-electron chi connectivity index (χ3n) is 4.63. The zero-order valence-corrected chi connectivity index (χ0v) is 15.0. The highest BCUT2D eigenvalue weighted by molar-refractivity contribution is 5.73. The maximum atomic E-state index is 12.3. The smallest absolute Gasteiger partial charge is 0.410 e. The molecule has 0 radical (unpaired) electrons. The van der Waals surface area contributed by atoms with Crippen LogP contribution < -0.4 is 0 Å². The second-order valence-electron chi connectivity index (χ2n) is 7.84. The molecule has 1 unspecified atom stereocenters. The number of rotatable bonds is 5. The van der Waals surface area contributed by atoms with E-state index in [1.165, 1.54) is 12.8 Å². The monoisotopic (exact) mass is 325 g/mol. The Labute approximate surface area is 139 Å². The molecule has 0 spiro atoms. The predicted octanol–water partition coefficient (Wildman–Crippen LogP) is 3.61. The fourth-order valence-electron chi connectivity index (χ4n) is 3.25. The Kier molecular flexibility index (Phi) is 5.93. The summed E-state index contributed by atoms with van der Waals surface area (Å²) in [7, 11) is 0. The van der Waals surface area contributed by atoms with E-state index >= 15 is 0 Å². The van der Waals surface area contributed by atoms with E-state index in [-0.39, 0.29) is 18.0 Å². The first-order valence-corrected chi connectivity index (χ1v) is 8.94. The minimum Gasteiger partial charge on any atom is -0.466 e. The molecule has 1 aliphatic carbocycles. The van der Waals surface area contributed by atoms with Gasteiger partial charge in [-0.05, 0) is 58.8 Å². The summed E-state index contributed by atoms with van der Waals surface area (Å²) in [4.78, 5) is 26.2. The number of nitrogens with zero attached hydrogens (tertiary/aromatic N) is 1. The molecule has 2 rings (SSSR count). The normalized spacial score (nSPS) is 21.0. The predicted molar refractivity (Wildman–Crippen MR) is 88.0 cm³/mol. The minimum absolute atomic E-state index is 0.00300. The lowest BCUT2D eigenvalue weighted by molar-refractivity contribution is -0.151. The van der Waals surface area contributed by atoms with Crippen LogP contribution in [0.2, 0.25) is 0 Å². The molecular formula is C18H31NO4. The van der Waals surface area contributed by atoms with E-state index in [1.54, 1.807) is 4.90 Å². The van der Waals surface area contributed by atoms with E-state index in [2.05, 4.69) is 0 Å². The number of ether oxygens (including phenoxy) is 2. The van der Waals surface area contributed by atoms with Gasteiger partial charge < -0.3 is 14.4 Å². The zero-order valence-electron chi connectivity index (χ0n) is 15.0. The van der Waals surface area contributed by atoms with Crippen LogP contribution in [0.25, 0.3) is 0 Å². The van der Waals surface area contributed by atoms with Crippen LogP contribution in [-0.2, 0) is 14.3 Å². The molecule has 1 saturated heterocycles. The maximum absolute atomic E-state index is 12.3. The topological polar surface area (TPSA) is 55.8 Å². The first kappa shape index (κ1) is 18.1. The van der Waals surface area contributed by atoms with Crippen LogP contribution in [0.4, 0.5) is 4.79 Å². The highest BCUT2D eigenvalue weighted by atomic mass is 16.6. The molecule has 0 bridgehead atoms. The van der Waals surface area contributed by atoms with Gasteiger partial charge in [-0.3, -0.25) is 4.79 Å². The maximum Gasteiger partial charge on any atom is 0.410 e. The van der Waals surface area contributed by atoms with Gasteiger partial charge in [-0.25, -0.2) is 4.79 Å². The summed E-state index contributed by atoms with van der Waals surface area (Å²) in [6.45, 7) is 9.27. The van der Waals surface area contributed by atoms with Gasteiger partial charge in [-0.2, -0.15) is 0 Å². The Balaban J connectivity index is 1.87. The van der Waals surface area contributed by atoms with E-state index < -0.39 is 5.60 Å². The van der Waals surface area contributed by atoms with E-state index in [9.17, 15) is 9.59 Å². The van der Waals surface area contributed by atoms with E-state index in [1.807, 2.05) is 27.7 Å². The van der Waals surface area contributed by atoms with Crippen molar-refractivity contribution in [2.75, 3.05) is 19.7 Å². The summed E-state index contributed by atoms with van der Waals surface area (Å²) < 4.78 is 10.7.